The van der Waals surface area contributed by atoms with Crippen LogP contribution in [0.2, 0.25) is 0 Å². The van der Waals surface area contributed by atoms with Gasteiger partial charge in [0.1, 0.15) is 0 Å². The second kappa shape index (κ2) is 4.91. The van der Waals surface area contributed by atoms with Gasteiger partial charge in [-0.1, -0.05) is 19.8 Å². The lowest BCUT2D eigenvalue weighted by Crippen LogP contribution is -1.99. The number of hydrogen-bond donors (Lipinski definition) is 0. The average Bonchev–Trinajstić information content (AvgIpc) is 2.71. The van der Waals surface area contributed by atoms with E-state index < -0.39 is 0 Å². The van der Waals surface area contributed by atoms with Gasteiger partial charge in [-0.05, 0) is 18.6 Å². The zero-order chi connectivity index (χ0) is 10.5. The Morgan fingerprint density at radius 3 is 2.93 bits per heavy atom. The van der Waals surface area contributed by atoms with Crippen LogP contribution in [0.3, 0.4) is 0 Å². The first kappa shape index (κ1) is 10.1. The van der Waals surface area contributed by atoms with Crippen molar-refractivity contribution in [1.29, 1.82) is 0 Å². The standard InChI is InChI=1S/C12H16NO2/c1-2-3-4-7-13-10-5-6-11-12(8-10)15-9-14-11/h5-6,8H,2-4,7,9H2,1H3. The van der Waals surface area contributed by atoms with E-state index in [0.717, 1.165) is 30.2 Å². The molecule has 0 bridgehead atoms. The minimum atomic E-state index is 0.328. The molecule has 0 amide bonds. The van der Waals surface area contributed by atoms with Gasteiger partial charge in [0.15, 0.2) is 11.5 Å². The molecule has 0 N–H and O–H groups in total. The summed E-state index contributed by atoms with van der Waals surface area (Å²) in [6, 6.07) is 5.83. The van der Waals surface area contributed by atoms with E-state index in [4.69, 9.17) is 9.47 Å². The molecule has 0 atom stereocenters. The summed E-state index contributed by atoms with van der Waals surface area (Å²) in [4.78, 5) is 0. The number of fused-ring (bicyclic) bond motifs is 1. The Morgan fingerprint density at radius 1 is 1.20 bits per heavy atom. The Hall–Kier alpha value is -1.38. The molecule has 0 aromatic heterocycles. The van der Waals surface area contributed by atoms with Crippen LogP contribution in [0.25, 0.3) is 0 Å². The Morgan fingerprint density at radius 2 is 2.07 bits per heavy atom. The van der Waals surface area contributed by atoms with E-state index in [-0.39, 0.29) is 0 Å². The third-order valence-corrected chi connectivity index (χ3v) is 2.41. The monoisotopic (exact) mass is 206 g/mol. The number of hydrogen-bond acceptors (Lipinski definition) is 2. The summed E-state index contributed by atoms with van der Waals surface area (Å²) in [5, 5.41) is 4.49. The maximum atomic E-state index is 5.28. The molecule has 1 aliphatic rings. The largest absolute Gasteiger partial charge is 0.454 e. The smallest absolute Gasteiger partial charge is 0.231 e. The van der Waals surface area contributed by atoms with Crippen molar-refractivity contribution in [2.24, 2.45) is 0 Å². The molecule has 81 valence electrons. The van der Waals surface area contributed by atoms with Crippen molar-refractivity contribution in [3.8, 4) is 11.5 Å². The SMILES string of the molecule is CCCCC[N]c1ccc2c(c1)OCO2. The fourth-order valence-electron chi connectivity index (χ4n) is 1.55. The lowest BCUT2D eigenvalue weighted by Gasteiger charge is -2.03. The van der Waals surface area contributed by atoms with Gasteiger partial charge in [-0.3, -0.25) is 5.32 Å². The van der Waals surface area contributed by atoms with Crippen LogP contribution < -0.4 is 14.8 Å². The predicted octanol–water partition coefficient (Wildman–Crippen LogP) is 2.84. The van der Waals surface area contributed by atoms with Crippen LogP contribution in [0.4, 0.5) is 5.69 Å². The van der Waals surface area contributed by atoms with Crippen LogP contribution in [0.1, 0.15) is 26.2 Å². The maximum Gasteiger partial charge on any atom is 0.231 e. The fourth-order valence-corrected chi connectivity index (χ4v) is 1.55. The first-order valence-corrected chi connectivity index (χ1v) is 5.47. The zero-order valence-electron chi connectivity index (χ0n) is 9.03. The summed E-state index contributed by atoms with van der Waals surface area (Å²) in [6.07, 6.45) is 3.63. The highest BCUT2D eigenvalue weighted by molar-refractivity contribution is 5.52. The van der Waals surface area contributed by atoms with Crippen molar-refractivity contribution in [1.82, 2.24) is 5.32 Å². The van der Waals surface area contributed by atoms with Gasteiger partial charge < -0.3 is 9.47 Å². The molecule has 3 heteroatoms. The van der Waals surface area contributed by atoms with Crippen molar-refractivity contribution in [2.45, 2.75) is 26.2 Å². The van der Waals surface area contributed by atoms with E-state index in [0.29, 0.717) is 6.79 Å². The molecule has 0 aliphatic carbocycles. The van der Waals surface area contributed by atoms with Gasteiger partial charge in [0.25, 0.3) is 0 Å². The lowest BCUT2D eigenvalue weighted by atomic mass is 10.2. The van der Waals surface area contributed by atoms with Crippen molar-refractivity contribution in [3.05, 3.63) is 18.2 Å². The minimum absolute atomic E-state index is 0.328. The summed E-state index contributed by atoms with van der Waals surface area (Å²) in [7, 11) is 0. The molecule has 3 nitrogen and oxygen atoms in total. The van der Waals surface area contributed by atoms with Gasteiger partial charge >= 0.3 is 0 Å². The van der Waals surface area contributed by atoms with E-state index in [2.05, 4.69) is 12.2 Å². The first-order valence-electron chi connectivity index (χ1n) is 5.47. The van der Waals surface area contributed by atoms with E-state index in [1.165, 1.54) is 12.8 Å². The second-order valence-corrected chi connectivity index (χ2v) is 3.63. The normalized spacial score (nSPS) is 12.9. The molecule has 1 aliphatic heterocycles. The lowest BCUT2D eigenvalue weighted by molar-refractivity contribution is 0.174. The average molecular weight is 206 g/mol. The van der Waals surface area contributed by atoms with Crippen LogP contribution in [0.15, 0.2) is 18.2 Å². The number of rotatable bonds is 5. The van der Waals surface area contributed by atoms with Crippen molar-refractivity contribution in [2.75, 3.05) is 13.3 Å². The highest BCUT2D eigenvalue weighted by Gasteiger charge is 2.12. The Balaban J connectivity index is 1.87. The minimum Gasteiger partial charge on any atom is -0.454 e. The highest BCUT2D eigenvalue weighted by atomic mass is 16.7. The molecule has 1 aromatic carbocycles. The first-order chi connectivity index (χ1) is 7.40. The molecule has 0 spiro atoms. The third-order valence-electron chi connectivity index (χ3n) is 2.41. The molecule has 0 fully saturated rings. The summed E-state index contributed by atoms with van der Waals surface area (Å²) >= 11 is 0. The number of ether oxygens (including phenoxy) is 2. The number of benzene rings is 1. The Bertz CT molecular complexity index is 325. The predicted molar refractivity (Wildman–Crippen MR) is 58.8 cm³/mol. The van der Waals surface area contributed by atoms with E-state index >= 15 is 0 Å². The third kappa shape index (κ3) is 2.55. The van der Waals surface area contributed by atoms with Crippen LogP contribution >= 0.6 is 0 Å². The Kier molecular flexibility index (Phi) is 3.33. The van der Waals surface area contributed by atoms with Crippen molar-refractivity contribution in [3.63, 3.8) is 0 Å². The quantitative estimate of drug-likeness (QED) is 0.694. The van der Waals surface area contributed by atoms with Crippen LogP contribution in [-0.2, 0) is 0 Å². The molecular weight excluding hydrogens is 190 g/mol. The Labute approximate surface area is 90.4 Å². The van der Waals surface area contributed by atoms with Gasteiger partial charge in [-0.15, -0.1) is 0 Å². The molecular formula is C12H16NO2. The van der Waals surface area contributed by atoms with Crippen LogP contribution in [-0.4, -0.2) is 13.3 Å². The van der Waals surface area contributed by atoms with Crippen LogP contribution in [0, 0.1) is 0 Å². The molecule has 1 heterocycles. The maximum absolute atomic E-state index is 5.28. The molecule has 2 rings (SSSR count). The summed E-state index contributed by atoms with van der Waals surface area (Å²) < 4.78 is 10.5. The van der Waals surface area contributed by atoms with Gasteiger partial charge in [0.05, 0.1) is 5.69 Å². The number of nitrogens with zero attached hydrogens (tertiary/aromatic N) is 1. The van der Waals surface area contributed by atoms with Gasteiger partial charge in [0.2, 0.25) is 6.79 Å². The fraction of sp³-hybridized carbons (Fsp3) is 0.500. The second-order valence-electron chi connectivity index (χ2n) is 3.63. The number of unbranched alkanes of at least 4 members (excludes halogenated alkanes) is 2. The van der Waals surface area contributed by atoms with Gasteiger partial charge in [0, 0.05) is 12.6 Å². The molecule has 0 saturated carbocycles. The van der Waals surface area contributed by atoms with Crippen molar-refractivity contribution >= 4 is 5.69 Å². The van der Waals surface area contributed by atoms with E-state index in [1.807, 2.05) is 18.2 Å². The van der Waals surface area contributed by atoms with Gasteiger partial charge in [-0.25, -0.2) is 0 Å². The highest BCUT2D eigenvalue weighted by Crippen LogP contribution is 2.34. The molecule has 1 radical (unpaired) electrons. The molecule has 0 saturated heterocycles. The van der Waals surface area contributed by atoms with Gasteiger partial charge in [-0.2, -0.15) is 0 Å². The topological polar surface area (TPSA) is 32.6 Å². The zero-order valence-corrected chi connectivity index (χ0v) is 9.03. The van der Waals surface area contributed by atoms with E-state index in [1.54, 1.807) is 0 Å². The summed E-state index contributed by atoms with van der Waals surface area (Å²) in [6.45, 7) is 3.42. The molecule has 1 aromatic rings. The summed E-state index contributed by atoms with van der Waals surface area (Å²) in [5.41, 5.74) is 0.982. The summed E-state index contributed by atoms with van der Waals surface area (Å²) in [5.74, 6) is 1.63. The van der Waals surface area contributed by atoms with E-state index in [9.17, 15) is 0 Å². The van der Waals surface area contributed by atoms with Crippen molar-refractivity contribution < 1.29 is 9.47 Å². The molecule has 15 heavy (non-hydrogen) atoms. The molecule has 0 unspecified atom stereocenters. The van der Waals surface area contributed by atoms with Crippen LogP contribution in [0.5, 0.6) is 11.5 Å².